The highest BCUT2D eigenvalue weighted by atomic mass is 16.5. The van der Waals surface area contributed by atoms with Crippen LogP contribution in [0.1, 0.15) is 31.9 Å². The molecule has 0 aromatic heterocycles. The largest absolute Gasteiger partial charge is 0.497 e. The van der Waals surface area contributed by atoms with Crippen molar-refractivity contribution in [2.75, 3.05) is 27.4 Å². The van der Waals surface area contributed by atoms with E-state index in [0.29, 0.717) is 19.6 Å². The van der Waals surface area contributed by atoms with Gasteiger partial charge in [0.15, 0.2) is 0 Å². The molecule has 1 aromatic rings. The minimum Gasteiger partial charge on any atom is -0.497 e. The summed E-state index contributed by atoms with van der Waals surface area (Å²) in [4.78, 5) is 0. The third-order valence-electron chi connectivity index (χ3n) is 4.28. The first-order valence-electron chi connectivity index (χ1n) is 7.29. The summed E-state index contributed by atoms with van der Waals surface area (Å²) in [6.45, 7) is 5.04. The predicted molar refractivity (Wildman–Crippen MR) is 80.9 cm³/mol. The fourth-order valence-corrected chi connectivity index (χ4v) is 2.62. The molecule has 1 aliphatic heterocycles. The Kier molecular flexibility index (Phi) is 5.08. The van der Waals surface area contributed by atoms with E-state index in [-0.39, 0.29) is 12.1 Å². The van der Waals surface area contributed by atoms with Gasteiger partial charge in [-0.25, -0.2) is 0 Å². The van der Waals surface area contributed by atoms with Crippen LogP contribution in [0.4, 0.5) is 0 Å². The topological polar surface area (TPSA) is 60.0 Å². The number of methoxy groups -OCH3 is 2. The van der Waals surface area contributed by atoms with Crippen LogP contribution in [0, 0.1) is 0 Å². The lowest BCUT2D eigenvalue weighted by Gasteiger charge is -2.28. The van der Waals surface area contributed by atoms with Gasteiger partial charge in [-0.1, -0.05) is 0 Å². The van der Waals surface area contributed by atoms with Crippen molar-refractivity contribution in [1.29, 1.82) is 0 Å². The number of nitrogens with one attached hydrogen (secondary N) is 1. The molecule has 0 amide bonds. The summed E-state index contributed by atoms with van der Waals surface area (Å²) in [5, 5.41) is 13.9. The van der Waals surface area contributed by atoms with Crippen molar-refractivity contribution in [1.82, 2.24) is 5.32 Å². The van der Waals surface area contributed by atoms with Crippen molar-refractivity contribution in [2.24, 2.45) is 0 Å². The highest BCUT2D eigenvalue weighted by molar-refractivity contribution is 5.42. The van der Waals surface area contributed by atoms with E-state index in [1.807, 2.05) is 32.0 Å². The molecule has 5 heteroatoms. The molecule has 2 rings (SSSR count). The van der Waals surface area contributed by atoms with Crippen molar-refractivity contribution in [3.63, 3.8) is 0 Å². The molecule has 1 aromatic carbocycles. The maximum absolute atomic E-state index is 10.5. The Labute approximate surface area is 126 Å². The van der Waals surface area contributed by atoms with Crippen LogP contribution in [0.15, 0.2) is 18.2 Å². The van der Waals surface area contributed by atoms with Gasteiger partial charge < -0.3 is 24.6 Å². The SMILES string of the molecule is COc1ccc(OC)c(C(C)NCC2(O)CCOC2C)c1. The number of ether oxygens (including phenoxy) is 3. The van der Waals surface area contributed by atoms with Crippen molar-refractivity contribution in [2.45, 2.75) is 38.0 Å². The van der Waals surface area contributed by atoms with Crippen molar-refractivity contribution < 1.29 is 19.3 Å². The maximum atomic E-state index is 10.5. The summed E-state index contributed by atoms with van der Waals surface area (Å²) in [6, 6.07) is 5.75. The lowest BCUT2D eigenvalue weighted by molar-refractivity contribution is -0.0274. The van der Waals surface area contributed by atoms with E-state index in [1.54, 1.807) is 14.2 Å². The molecule has 1 saturated heterocycles. The quantitative estimate of drug-likeness (QED) is 0.839. The molecule has 0 saturated carbocycles. The Balaban J connectivity index is 2.07. The monoisotopic (exact) mass is 295 g/mol. The van der Waals surface area contributed by atoms with Gasteiger partial charge in [0.1, 0.15) is 17.1 Å². The van der Waals surface area contributed by atoms with E-state index in [1.165, 1.54) is 0 Å². The molecule has 21 heavy (non-hydrogen) atoms. The summed E-state index contributed by atoms with van der Waals surface area (Å²) < 4.78 is 16.1. The third-order valence-corrected chi connectivity index (χ3v) is 4.28. The number of hydrogen-bond acceptors (Lipinski definition) is 5. The van der Waals surface area contributed by atoms with Crippen LogP contribution < -0.4 is 14.8 Å². The average molecular weight is 295 g/mol. The van der Waals surface area contributed by atoms with Crippen LogP contribution >= 0.6 is 0 Å². The molecule has 1 fully saturated rings. The number of aliphatic hydroxyl groups is 1. The Bertz CT molecular complexity index is 479. The molecule has 0 radical (unpaired) electrons. The van der Waals surface area contributed by atoms with Crippen molar-refractivity contribution in [3.05, 3.63) is 23.8 Å². The highest BCUT2D eigenvalue weighted by Gasteiger charge is 2.39. The summed E-state index contributed by atoms with van der Waals surface area (Å²) in [6.07, 6.45) is 0.507. The third kappa shape index (κ3) is 3.48. The summed E-state index contributed by atoms with van der Waals surface area (Å²) in [5.41, 5.74) is 0.201. The number of rotatable bonds is 6. The Morgan fingerprint density at radius 2 is 2.19 bits per heavy atom. The average Bonchev–Trinajstić information content (AvgIpc) is 2.84. The van der Waals surface area contributed by atoms with Gasteiger partial charge in [0.05, 0.1) is 20.3 Å². The fourth-order valence-electron chi connectivity index (χ4n) is 2.62. The molecule has 0 aliphatic carbocycles. The zero-order valence-electron chi connectivity index (χ0n) is 13.2. The van der Waals surface area contributed by atoms with E-state index in [2.05, 4.69) is 5.32 Å². The summed E-state index contributed by atoms with van der Waals surface area (Å²) in [5.74, 6) is 1.59. The lowest BCUT2D eigenvalue weighted by atomic mass is 9.95. The second kappa shape index (κ2) is 6.64. The highest BCUT2D eigenvalue weighted by Crippen LogP contribution is 2.30. The van der Waals surface area contributed by atoms with Crippen LogP contribution in [0.2, 0.25) is 0 Å². The molecule has 1 heterocycles. The Morgan fingerprint density at radius 3 is 2.76 bits per heavy atom. The van der Waals surface area contributed by atoms with Gasteiger partial charge in [-0.05, 0) is 32.0 Å². The van der Waals surface area contributed by atoms with E-state index in [9.17, 15) is 5.11 Å². The fraction of sp³-hybridized carbons (Fsp3) is 0.625. The molecular formula is C16H25NO4. The summed E-state index contributed by atoms with van der Waals surface area (Å²) in [7, 11) is 3.29. The molecule has 2 N–H and O–H groups in total. The Morgan fingerprint density at radius 1 is 1.43 bits per heavy atom. The molecule has 0 spiro atoms. The molecule has 118 valence electrons. The van der Waals surface area contributed by atoms with E-state index < -0.39 is 5.60 Å². The molecule has 3 unspecified atom stereocenters. The zero-order valence-corrected chi connectivity index (χ0v) is 13.2. The van der Waals surface area contributed by atoms with Crippen LogP contribution in [-0.4, -0.2) is 44.2 Å². The second-order valence-corrected chi connectivity index (χ2v) is 5.58. The standard InChI is InChI=1S/C16H25NO4/c1-11(17-10-16(18)7-8-21-12(16)2)14-9-13(19-3)5-6-15(14)20-4/h5-6,9,11-12,17-18H,7-8,10H2,1-4H3. The first-order chi connectivity index (χ1) is 10.00. The maximum Gasteiger partial charge on any atom is 0.123 e. The van der Waals surface area contributed by atoms with Gasteiger partial charge in [0, 0.05) is 31.2 Å². The minimum absolute atomic E-state index is 0.0341. The van der Waals surface area contributed by atoms with Gasteiger partial charge in [0.25, 0.3) is 0 Å². The van der Waals surface area contributed by atoms with E-state index in [0.717, 1.165) is 17.1 Å². The normalized spacial score (nSPS) is 26.6. The van der Waals surface area contributed by atoms with Crippen LogP contribution in [-0.2, 0) is 4.74 Å². The minimum atomic E-state index is -0.805. The Hall–Kier alpha value is -1.30. The van der Waals surface area contributed by atoms with Gasteiger partial charge in [-0.2, -0.15) is 0 Å². The molecule has 3 atom stereocenters. The predicted octanol–water partition coefficient (Wildman–Crippen LogP) is 1.89. The van der Waals surface area contributed by atoms with Gasteiger partial charge >= 0.3 is 0 Å². The summed E-state index contributed by atoms with van der Waals surface area (Å²) >= 11 is 0. The molecule has 0 bridgehead atoms. The number of benzene rings is 1. The smallest absolute Gasteiger partial charge is 0.123 e. The second-order valence-electron chi connectivity index (χ2n) is 5.58. The van der Waals surface area contributed by atoms with E-state index in [4.69, 9.17) is 14.2 Å². The van der Waals surface area contributed by atoms with Crippen LogP contribution in [0.25, 0.3) is 0 Å². The van der Waals surface area contributed by atoms with Crippen LogP contribution in [0.5, 0.6) is 11.5 Å². The van der Waals surface area contributed by atoms with Gasteiger partial charge in [0.2, 0.25) is 0 Å². The van der Waals surface area contributed by atoms with Gasteiger partial charge in [-0.15, -0.1) is 0 Å². The molecule has 5 nitrogen and oxygen atoms in total. The van der Waals surface area contributed by atoms with E-state index >= 15 is 0 Å². The molecule has 1 aliphatic rings. The van der Waals surface area contributed by atoms with Crippen LogP contribution in [0.3, 0.4) is 0 Å². The first kappa shape index (κ1) is 16.1. The first-order valence-corrected chi connectivity index (χ1v) is 7.29. The van der Waals surface area contributed by atoms with Gasteiger partial charge in [-0.3, -0.25) is 0 Å². The molecular weight excluding hydrogens is 270 g/mol. The van der Waals surface area contributed by atoms with Crippen molar-refractivity contribution >= 4 is 0 Å². The lowest BCUT2D eigenvalue weighted by Crippen LogP contribution is -2.46. The number of hydrogen-bond donors (Lipinski definition) is 2. The zero-order chi connectivity index (χ0) is 15.5. The van der Waals surface area contributed by atoms with Crippen molar-refractivity contribution in [3.8, 4) is 11.5 Å².